The molecule has 2 fully saturated rings. The first-order valence-electron chi connectivity index (χ1n) is 13.1. The van der Waals surface area contributed by atoms with Crippen molar-refractivity contribution in [2.45, 2.75) is 70.1 Å². The van der Waals surface area contributed by atoms with Crippen molar-refractivity contribution in [2.75, 3.05) is 13.1 Å². The van der Waals surface area contributed by atoms with Crippen LogP contribution in [0.3, 0.4) is 0 Å². The number of halogens is 3. The van der Waals surface area contributed by atoms with Gasteiger partial charge in [0, 0.05) is 37.0 Å². The first kappa shape index (κ1) is 27.1. The van der Waals surface area contributed by atoms with Crippen LogP contribution in [0.1, 0.15) is 69.0 Å². The largest absolute Gasteiger partial charge is 0.416 e. The highest BCUT2D eigenvalue weighted by atomic mass is 19.4. The van der Waals surface area contributed by atoms with E-state index in [0.717, 1.165) is 62.6 Å². The van der Waals surface area contributed by atoms with Crippen molar-refractivity contribution >= 4 is 11.8 Å². The van der Waals surface area contributed by atoms with Crippen LogP contribution in [0.4, 0.5) is 13.2 Å². The number of aromatic nitrogens is 1. The maximum absolute atomic E-state index is 13.9. The van der Waals surface area contributed by atoms with Crippen LogP contribution in [0.25, 0.3) is 11.1 Å². The summed E-state index contributed by atoms with van der Waals surface area (Å²) in [6.07, 6.45) is 5.54. The van der Waals surface area contributed by atoms with Gasteiger partial charge in [-0.15, -0.1) is 0 Å². The first-order valence-corrected chi connectivity index (χ1v) is 13.1. The zero-order valence-corrected chi connectivity index (χ0v) is 21.1. The number of benzene rings is 1. The molecule has 200 valence electrons. The summed E-state index contributed by atoms with van der Waals surface area (Å²) in [6.45, 7) is 2.56. The van der Waals surface area contributed by atoms with Crippen LogP contribution >= 0.6 is 0 Å². The van der Waals surface area contributed by atoms with E-state index >= 15 is 0 Å². The summed E-state index contributed by atoms with van der Waals surface area (Å²) in [5.41, 5.74) is 7.16. The number of pyridine rings is 1. The number of nitrogens with two attached hydrogens (primary N) is 1. The van der Waals surface area contributed by atoms with Crippen molar-refractivity contribution in [3.05, 3.63) is 53.9 Å². The van der Waals surface area contributed by atoms with E-state index in [1.54, 1.807) is 19.3 Å². The molecule has 1 aromatic heterocycles. The van der Waals surface area contributed by atoms with Gasteiger partial charge in [0.05, 0.1) is 11.6 Å². The summed E-state index contributed by atoms with van der Waals surface area (Å²) >= 11 is 0. The minimum Gasteiger partial charge on any atom is -0.344 e. The van der Waals surface area contributed by atoms with E-state index in [0.29, 0.717) is 17.7 Å². The summed E-state index contributed by atoms with van der Waals surface area (Å²) in [5, 5.41) is 3.02. The van der Waals surface area contributed by atoms with Crippen LogP contribution in [-0.4, -0.2) is 40.8 Å². The van der Waals surface area contributed by atoms with Gasteiger partial charge in [0.1, 0.15) is 6.04 Å². The molecule has 0 spiro atoms. The summed E-state index contributed by atoms with van der Waals surface area (Å²) < 4.78 is 38.9. The van der Waals surface area contributed by atoms with E-state index in [2.05, 4.69) is 10.3 Å². The second-order valence-electron chi connectivity index (χ2n) is 10.3. The Balaban J connectivity index is 1.57. The number of likely N-dealkylation sites (tertiary alicyclic amines) is 1. The van der Waals surface area contributed by atoms with Gasteiger partial charge < -0.3 is 16.0 Å². The second kappa shape index (κ2) is 11.6. The SMILES string of the molecule is CC(CN)C(=O)NC(C(=O)N1CCCC1c1cncc(-c2ccc(C(F)(F)F)cc2)c1)C1CCCCC1. The van der Waals surface area contributed by atoms with E-state index in [1.165, 1.54) is 12.1 Å². The van der Waals surface area contributed by atoms with Gasteiger partial charge in [-0.3, -0.25) is 14.6 Å². The number of hydrogen-bond donors (Lipinski definition) is 2. The van der Waals surface area contributed by atoms with Crippen LogP contribution in [0.2, 0.25) is 0 Å². The molecule has 3 N–H and O–H groups in total. The Morgan fingerprint density at radius 2 is 1.76 bits per heavy atom. The molecular formula is C28H35F3N4O2. The Morgan fingerprint density at radius 3 is 2.41 bits per heavy atom. The van der Waals surface area contributed by atoms with Gasteiger partial charge in [0.15, 0.2) is 0 Å². The number of hydrogen-bond acceptors (Lipinski definition) is 4. The molecule has 0 bridgehead atoms. The molecule has 9 heteroatoms. The lowest BCUT2D eigenvalue weighted by atomic mass is 9.83. The van der Waals surface area contributed by atoms with Crippen LogP contribution < -0.4 is 11.1 Å². The average Bonchev–Trinajstić information content (AvgIpc) is 3.41. The lowest BCUT2D eigenvalue weighted by molar-refractivity contribution is -0.140. The Kier molecular flexibility index (Phi) is 8.52. The van der Waals surface area contributed by atoms with Crippen molar-refractivity contribution < 1.29 is 22.8 Å². The van der Waals surface area contributed by atoms with Gasteiger partial charge in [0.25, 0.3) is 0 Å². The number of amides is 2. The topological polar surface area (TPSA) is 88.3 Å². The molecule has 2 aromatic rings. The molecule has 0 radical (unpaired) electrons. The Morgan fingerprint density at radius 1 is 1.05 bits per heavy atom. The number of carbonyl (C=O) groups is 2. The zero-order chi connectivity index (χ0) is 26.6. The lowest BCUT2D eigenvalue weighted by Crippen LogP contribution is -2.54. The number of rotatable bonds is 7. The normalized spacial score (nSPS) is 20.5. The van der Waals surface area contributed by atoms with Crippen LogP contribution in [0.5, 0.6) is 0 Å². The highest BCUT2D eigenvalue weighted by molar-refractivity contribution is 5.89. The molecule has 37 heavy (non-hydrogen) atoms. The quantitative estimate of drug-likeness (QED) is 0.537. The smallest absolute Gasteiger partial charge is 0.344 e. The van der Waals surface area contributed by atoms with Gasteiger partial charge in [-0.25, -0.2) is 0 Å². The number of nitrogens with zero attached hydrogens (tertiary/aromatic N) is 2. The minimum atomic E-state index is -4.39. The van der Waals surface area contributed by atoms with Crippen LogP contribution in [0.15, 0.2) is 42.7 Å². The molecule has 1 saturated carbocycles. The van der Waals surface area contributed by atoms with E-state index in [1.807, 2.05) is 11.0 Å². The molecule has 1 aromatic carbocycles. The van der Waals surface area contributed by atoms with E-state index in [9.17, 15) is 22.8 Å². The van der Waals surface area contributed by atoms with Crippen LogP contribution in [0, 0.1) is 11.8 Å². The van der Waals surface area contributed by atoms with Crippen molar-refractivity contribution in [3.63, 3.8) is 0 Å². The average molecular weight is 517 g/mol. The fraction of sp³-hybridized carbons (Fsp3) is 0.536. The number of carbonyl (C=O) groups excluding carboxylic acids is 2. The zero-order valence-electron chi connectivity index (χ0n) is 21.1. The van der Waals surface area contributed by atoms with E-state index in [4.69, 9.17) is 5.73 Å². The highest BCUT2D eigenvalue weighted by Gasteiger charge is 2.39. The summed E-state index contributed by atoms with van der Waals surface area (Å²) in [4.78, 5) is 32.8. The summed E-state index contributed by atoms with van der Waals surface area (Å²) in [6, 6.07) is 6.11. The third kappa shape index (κ3) is 6.32. The fourth-order valence-electron chi connectivity index (χ4n) is 5.46. The fourth-order valence-corrected chi connectivity index (χ4v) is 5.46. The standard InChI is InChI=1S/C28H35F3N4O2/c1-18(15-32)26(36)34-25(20-6-3-2-4-7-20)27(37)35-13-5-8-24(35)22-14-21(16-33-17-22)19-9-11-23(12-10-19)28(29,30)31/h9-12,14,16-18,20,24-25H,2-8,13,15,32H2,1H3,(H,34,36). The van der Waals surface area contributed by atoms with Crippen molar-refractivity contribution in [2.24, 2.45) is 17.6 Å². The Labute approximate surface area is 215 Å². The number of nitrogens with one attached hydrogen (secondary N) is 1. The molecule has 1 aliphatic carbocycles. The third-order valence-electron chi connectivity index (χ3n) is 7.71. The minimum absolute atomic E-state index is 0.0769. The van der Waals surface area contributed by atoms with Gasteiger partial charge in [0.2, 0.25) is 11.8 Å². The maximum atomic E-state index is 13.9. The molecular weight excluding hydrogens is 481 g/mol. The Bertz CT molecular complexity index is 1080. The lowest BCUT2D eigenvalue weighted by Gasteiger charge is -2.35. The Hall–Kier alpha value is -2.94. The van der Waals surface area contributed by atoms with E-state index in [-0.39, 0.29) is 36.2 Å². The molecule has 2 heterocycles. The second-order valence-corrected chi connectivity index (χ2v) is 10.3. The maximum Gasteiger partial charge on any atom is 0.416 e. The number of alkyl halides is 3. The molecule has 4 rings (SSSR count). The van der Waals surface area contributed by atoms with Crippen molar-refractivity contribution in [1.82, 2.24) is 15.2 Å². The molecule has 2 aliphatic rings. The van der Waals surface area contributed by atoms with Crippen molar-refractivity contribution in [3.8, 4) is 11.1 Å². The molecule has 2 amide bonds. The predicted octanol–water partition coefficient (Wildman–Crippen LogP) is 5.09. The van der Waals surface area contributed by atoms with Gasteiger partial charge >= 0.3 is 6.18 Å². The summed E-state index contributed by atoms with van der Waals surface area (Å²) in [7, 11) is 0. The molecule has 3 unspecified atom stereocenters. The van der Waals surface area contributed by atoms with Gasteiger partial charge in [-0.2, -0.15) is 13.2 Å². The molecule has 6 nitrogen and oxygen atoms in total. The monoisotopic (exact) mass is 516 g/mol. The van der Waals surface area contributed by atoms with Gasteiger partial charge in [-0.05, 0) is 60.9 Å². The van der Waals surface area contributed by atoms with Crippen molar-refractivity contribution in [1.29, 1.82) is 0 Å². The predicted molar refractivity (Wildman–Crippen MR) is 135 cm³/mol. The summed E-state index contributed by atoms with van der Waals surface area (Å²) in [5.74, 6) is -0.564. The van der Waals surface area contributed by atoms with E-state index < -0.39 is 17.8 Å². The van der Waals surface area contributed by atoms with Crippen LogP contribution in [-0.2, 0) is 15.8 Å². The highest BCUT2D eigenvalue weighted by Crippen LogP contribution is 2.37. The molecule has 1 saturated heterocycles. The molecule has 3 atom stereocenters. The molecule has 1 aliphatic heterocycles. The third-order valence-corrected chi connectivity index (χ3v) is 7.71. The van der Waals surface area contributed by atoms with Gasteiger partial charge in [-0.1, -0.05) is 38.3 Å². The first-order chi connectivity index (χ1) is 17.7.